The quantitative estimate of drug-likeness (QED) is 0.512. The van der Waals surface area contributed by atoms with E-state index < -0.39 is 0 Å². The van der Waals surface area contributed by atoms with E-state index in [4.69, 9.17) is 0 Å². The molecule has 2 fully saturated rings. The minimum atomic E-state index is 0.866. The molecule has 10 heavy (non-hydrogen) atoms. The topological polar surface area (TPSA) is 0 Å². The Bertz CT molecular complexity index is 133. The number of rotatable bonds is 2. The fourth-order valence-electron chi connectivity index (χ4n) is 2.26. The van der Waals surface area contributed by atoms with Gasteiger partial charge in [-0.25, -0.2) is 0 Å². The van der Waals surface area contributed by atoms with E-state index in [-0.39, 0.29) is 0 Å². The molecule has 2 aliphatic rings. The van der Waals surface area contributed by atoms with E-state index in [2.05, 4.69) is 12.7 Å². The molecule has 0 aromatic carbocycles. The average molecular weight is 136 g/mol. The Kier molecular flexibility index (Phi) is 1.55. The molecule has 0 bridgehead atoms. The molecule has 0 saturated heterocycles. The van der Waals surface area contributed by atoms with Crippen LogP contribution in [-0.2, 0) is 0 Å². The summed E-state index contributed by atoms with van der Waals surface area (Å²) in [5.74, 6) is 3.08. The monoisotopic (exact) mass is 136 g/mol. The number of allylic oxidation sites excluding steroid dienone is 1. The highest BCUT2D eigenvalue weighted by Gasteiger charge is 2.35. The smallest absolute Gasteiger partial charge is 0.0233 e. The standard InChI is InChI=1S/C10H16/c1-2-8-3-4-10(7-8)9-5-6-9/h2,8-10H,1,3-7H2. The maximum absolute atomic E-state index is 3.86. The molecular weight excluding hydrogens is 120 g/mol. The van der Waals surface area contributed by atoms with Crippen LogP contribution in [-0.4, -0.2) is 0 Å². The Morgan fingerprint density at radius 3 is 2.20 bits per heavy atom. The highest BCUT2D eigenvalue weighted by Crippen LogP contribution is 2.46. The molecular formula is C10H16. The van der Waals surface area contributed by atoms with Crippen molar-refractivity contribution in [2.45, 2.75) is 32.1 Å². The summed E-state index contributed by atoms with van der Waals surface area (Å²) in [5.41, 5.74) is 0. The molecule has 0 heteroatoms. The van der Waals surface area contributed by atoms with Crippen LogP contribution in [0, 0.1) is 17.8 Å². The Labute approximate surface area is 63.3 Å². The van der Waals surface area contributed by atoms with Gasteiger partial charge < -0.3 is 0 Å². The fraction of sp³-hybridized carbons (Fsp3) is 0.800. The predicted molar refractivity (Wildman–Crippen MR) is 43.8 cm³/mol. The van der Waals surface area contributed by atoms with Crippen molar-refractivity contribution >= 4 is 0 Å². The highest BCUT2D eigenvalue weighted by atomic mass is 14.4. The molecule has 2 aliphatic carbocycles. The van der Waals surface area contributed by atoms with Gasteiger partial charge in [-0.1, -0.05) is 6.08 Å². The molecule has 56 valence electrons. The first-order chi connectivity index (χ1) is 4.90. The van der Waals surface area contributed by atoms with Gasteiger partial charge in [0, 0.05) is 0 Å². The van der Waals surface area contributed by atoms with Crippen LogP contribution in [0.3, 0.4) is 0 Å². The predicted octanol–water partition coefficient (Wildman–Crippen LogP) is 3.00. The molecule has 2 atom stereocenters. The second-order valence-electron chi connectivity index (χ2n) is 3.91. The normalized spacial score (nSPS) is 40.0. The first-order valence-electron chi connectivity index (χ1n) is 4.52. The van der Waals surface area contributed by atoms with Crippen LogP contribution in [0.1, 0.15) is 32.1 Å². The lowest BCUT2D eigenvalue weighted by molar-refractivity contribution is 0.468. The van der Waals surface area contributed by atoms with Crippen molar-refractivity contribution in [3.63, 3.8) is 0 Å². The number of hydrogen-bond donors (Lipinski definition) is 0. The molecule has 0 nitrogen and oxygen atoms in total. The lowest BCUT2D eigenvalue weighted by atomic mass is 10.0. The average Bonchev–Trinajstić information content (AvgIpc) is 2.70. The molecule has 2 rings (SSSR count). The summed E-state index contributed by atoms with van der Waals surface area (Å²) in [6.07, 6.45) is 9.56. The van der Waals surface area contributed by atoms with Crippen LogP contribution in [0.15, 0.2) is 12.7 Å². The van der Waals surface area contributed by atoms with Crippen LogP contribution in [0.2, 0.25) is 0 Å². The van der Waals surface area contributed by atoms with E-state index >= 15 is 0 Å². The Morgan fingerprint density at radius 1 is 1.00 bits per heavy atom. The lowest BCUT2D eigenvalue weighted by Crippen LogP contribution is -1.96. The Morgan fingerprint density at radius 2 is 1.70 bits per heavy atom. The van der Waals surface area contributed by atoms with Crippen LogP contribution >= 0.6 is 0 Å². The van der Waals surface area contributed by atoms with Crippen LogP contribution in [0.5, 0.6) is 0 Å². The molecule has 0 spiro atoms. The molecule has 2 saturated carbocycles. The summed E-state index contributed by atoms with van der Waals surface area (Å²) in [7, 11) is 0. The third-order valence-corrected chi connectivity index (χ3v) is 3.14. The fourth-order valence-corrected chi connectivity index (χ4v) is 2.26. The largest absolute Gasteiger partial charge is 0.103 e. The van der Waals surface area contributed by atoms with Gasteiger partial charge in [-0.15, -0.1) is 6.58 Å². The van der Waals surface area contributed by atoms with Gasteiger partial charge in [0.1, 0.15) is 0 Å². The first-order valence-corrected chi connectivity index (χ1v) is 4.52. The highest BCUT2D eigenvalue weighted by molar-refractivity contribution is 4.92. The van der Waals surface area contributed by atoms with Crippen molar-refractivity contribution in [1.29, 1.82) is 0 Å². The molecule has 0 aromatic heterocycles. The Balaban J connectivity index is 1.86. The van der Waals surface area contributed by atoms with E-state index in [9.17, 15) is 0 Å². The van der Waals surface area contributed by atoms with Gasteiger partial charge in [-0.3, -0.25) is 0 Å². The summed E-state index contributed by atoms with van der Waals surface area (Å²) in [6, 6.07) is 0. The maximum Gasteiger partial charge on any atom is -0.0233 e. The summed E-state index contributed by atoms with van der Waals surface area (Å²) in [4.78, 5) is 0. The van der Waals surface area contributed by atoms with Crippen LogP contribution < -0.4 is 0 Å². The van der Waals surface area contributed by atoms with Crippen LogP contribution in [0.25, 0.3) is 0 Å². The van der Waals surface area contributed by atoms with E-state index in [1.807, 2.05) is 0 Å². The zero-order valence-electron chi connectivity index (χ0n) is 6.55. The molecule has 0 N–H and O–H groups in total. The van der Waals surface area contributed by atoms with Gasteiger partial charge in [-0.2, -0.15) is 0 Å². The first kappa shape index (κ1) is 6.45. The minimum absolute atomic E-state index is 0.866. The van der Waals surface area contributed by atoms with Gasteiger partial charge in [-0.05, 0) is 49.9 Å². The number of hydrogen-bond acceptors (Lipinski definition) is 0. The third kappa shape index (κ3) is 1.12. The van der Waals surface area contributed by atoms with Gasteiger partial charge >= 0.3 is 0 Å². The zero-order valence-corrected chi connectivity index (χ0v) is 6.55. The van der Waals surface area contributed by atoms with E-state index in [1.54, 1.807) is 0 Å². The maximum atomic E-state index is 3.86. The van der Waals surface area contributed by atoms with E-state index in [1.165, 1.54) is 32.1 Å². The second kappa shape index (κ2) is 2.41. The zero-order chi connectivity index (χ0) is 6.97. The SMILES string of the molecule is C=CC1CCC(C2CC2)C1. The summed E-state index contributed by atoms with van der Waals surface area (Å²) in [5, 5.41) is 0. The molecule has 0 amide bonds. The molecule has 0 radical (unpaired) electrons. The molecule has 2 unspecified atom stereocenters. The van der Waals surface area contributed by atoms with Gasteiger partial charge in [0.25, 0.3) is 0 Å². The van der Waals surface area contributed by atoms with Crippen molar-refractivity contribution < 1.29 is 0 Å². The summed E-state index contributed by atoms with van der Waals surface area (Å²) < 4.78 is 0. The van der Waals surface area contributed by atoms with Crippen LogP contribution in [0.4, 0.5) is 0 Å². The third-order valence-electron chi connectivity index (χ3n) is 3.14. The van der Waals surface area contributed by atoms with Crippen molar-refractivity contribution in [1.82, 2.24) is 0 Å². The molecule has 0 heterocycles. The summed E-state index contributed by atoms with van der Waals surface area (Å²) >= 11 is 0. The minimum Gasteiger partial charge on any atom is -0.103 e. The van der Waals surface area contributed by atoms with Gasteiger partial charge in [0.2, 0.25) is 0 Å². The van der Waals surface area contributed by atoms with Gasteiger partial charge in [0.15, 0.2) is 0 Å². The van der Waals surface area contributed by atoms with Crippen molar-refractivity contribution in [2.24, 2.45) is 17.8 Å². The van der Waals surface area contributed by atoms with Crippen molar-refractivity contribution in [3.8, 4) is 0 Å². The van der Waals surface area contributed by atoms with Crippen molar-refractivity contribution in [3.05, 3.63) is 12.7 Å². The van der Waals surface area contributed by atoms with Gasteiger partial charge in [0.05, 0.1) is 0 Å². The van der Waals surface area contributed by atoms with E-state index in [0.29, 0.717) is 0 Å². The lowest BCUT2D eigenvalue weighted by Gasteiger charge is -2.05. The van der Waals surface area contributed by atoms with Crippen molar-refractivity contribution in [2.75, 3.05) is 0 Å². The molecule has 0 aliphatic heterocycles. The summed E-state index contributed by atoms with van der Waals surface area (Å²) in [6.45, 7) is 3.86. The Hall–Kier alpha value is -0.260. The second-order valence-corrected chi connectivity index (χ2v) is 3.91. The molecule has 0 aromatic rings. The van der Waals surface area contributed by atoms with E-state index in [0.717, 1.165) is 17.8 Å².